The zero-order valence-corrected chi connectivity index (χ0v) is 12.6. The minimum atomic E-state index is -0.497. The highest BCUT2D eigenvalue weighted by atomic mass is 16.3. The molecule has 0 spiro atoms. The SMILES string of the molecule is CCCn1c(N)c(NC(C)(C)CCO)c(=O)n(C)c1=O. The summed E-state index contributed by atoms with van der Waals surface area (Å²) in [5.41, 5.74) is 4.81. The van der Waals surface area contributed by atoms with Gasteiger partial charge in [-0.2, -0.15) is 0 Å². The van der Waals surface area contributed by atoms with Gasteiger partial charge in [0.25, 0.3) is 5.56 Å². The first-order valence-electron chi connectivity index (χ1n) is 6.73. The number of nitrogens with one attached hydrogen (secondary N) is 1. The van der Waals surface area contributed by atoms with Crippen LogP contribution in [0.25, 0.3) is 0 Å². The number of hydrogen-bond donors (Lipinski definition) is 3. The predicted molar refractivity (Wildman–Crippen MR) is 80.1 cm³/mol. The van der Waals surface area contributed by atoms with Crippen LogP contribution in [-0.2, 0) is 13.6 Å². The van der Waals surface area contributed by atoms with Gasteiger partial charge in [-0.1, -0.05) is 6.92 Å². The van der Waals surface area contributed by atoms with E-state index >= 15 is 0 Å². The second kappa shape index (κ2) is 6.13. The molecule has 0 saturated heterocycles. The van der Waals surface area contributed by atoms with Crippen molar-refractivity contribution < 1.29 is 5.11 Å². The Bertz CT molecular complexity index is 587. The van der Waals surface area contributed by atoms with Crippen molar-refractivity contribution in [2.45, 2.75) is 45.7 Å². The standard InChI is InChI=1S/C13H24N4O3/c1-5-7-17-10(14)9(11(19)16(4)12(17)20)15-13(2,3)6-8-18/h15,18H,5-8,14H2,1-4H3. The Kier molecular flexibility index (Phi) is 4.99. The molecule has 7 nitrogen and oxygen atoms in total. The number of nitrogen functional groups attached to an aromatic ring is 1. The highest BCUT2D eigenvalue weighted by Crippen LogP contribution is 2.19. The van der Waals surface area contributed by atoms with Crippen molar-refractivity contribution in [1.29, 1.82) is 0 Å². The number of aromatic nitrogens is 2. The molecule has 114 valence electrons. The van der Waals surface area contributed by atoms with Crippen molar-refractivity contribution in [3.8, 4) is 0 Å². The zero-order chi connectivity index (χ0) is 15.5. The van der Waals surface area contributed by atoms with E-state index in [1.807, 2.05) is 20.8 Å². The van der Waals surface area contributed by atoms with E-state index in [-0.39, 0.29) is 18.1 Å². The van der Waals surface area contributed by atoms with E-state index < -0.39 is 16.8 Å². The lowest BCUT2D eigenvalue weighted by atomic mass is 10.0. The van der Waals surface area contributed by atoms with Crippen LogP contribution in [0.4, 0.5) is 11.5 Å². The van der Waals surface area contributed by atoms with Gasteiger partial charge in [0.1, 0.15) is 11.5 Å². The molecule has 7 heteroatoms. The number of nitrogens with two attached hydrogens (primary N) is 1. The van der Waals surface area contributed by atoms with Gasteiger partial charge in [-0.15, -0.1) is 0 Å². The average Bonchev–Trinajstić information content (AvgIpc) is 2.37. The third kappa shape index (κ3) is 3.22. The summed E-state index contributed by atoms with van der Waals surface area (Å²) in [6.07, 6.45) is 1.20. The summed E-state index contributed by atoms with van der Waals surface area (Å²) < 4.78 is 2.43. The summed E-state index contributed by atoms with van der Waals surface area (Å²) in [6, 6.07) is 0. The van der Waals surface area contributed by atoms with Crippen LogP contribution in [0.2, 0.25) is 0 Å². The van der Waals surface area contributed by atoms with E-state index in [2.05, 4.69) is 5.32 Å². The molecule has 4 N–H and O–H groups in total. The van der Waals surface area contributed by atoms with E-state index in [4.69, 9.17) is 10.8 Å². The fraction of sp³-hybridized carbons (Fsp3) is 0.692. The largest absolute Gasteiger partial charge is 0.396 e. The summed E-state index contributed by atoms with van der Waals surface area (Å²) >= 11 is 0. The van der Waals surface area contributed by atoms with Gasteiger partial charge < -0.3 is 16.2 Å². The molecule has 20 heavy (non-hydrogen) atoms. The van der Waals surface area contributed by atoms with Gasteiger partial charge >= 0.3 is 5.69 Å². The lowest BCUT2D eigenvalue weighted by molar-refractivity contribution is 0.260. The lowest BCUT2D eigenvalue weighted by Crippen LogP contribution is -2.43. The molecule has 1 rings (SSSR count). The first-order valence-corrected chi connectivity index (χ1v) is 6.73. The van der Waals surface area contributed by atoms with Crippen LogP contribution in [0.1, 0.15) is 33.6 Å². The molecule has 0 aliphatic carbocycles. The van der Waals surface area contributed by atoms with Crippen molar-refractivity contribution in [2.24, 2.45) is 7.05 Å². The molecular formula is C13H24N4O3. The van der Waals surface area contributed by atoms with E-state index in [0.29, 0.717) is 13.0 Å². The Hall–Kier alpha value is -1.76. The number of anilines is 2. The molecular weight excluding hydrogens is 260 g/mol. The molecule has 0 saturated carbocycles. The lowest BCUT2D eigenvalue weighted by Gasteiger charge is -2.28. The van der Waals surface area contributed by atoms with Crippen molar-refractivity contribution in [3.63, 3.8) is 0 Å². The predicted octanol–water partition coefficient (Wildman–Crippen LogP) is 0.112. The summed E-state index contributed by atoms with van der Waals surface area (Å²) in [4.78, 5) is 24.2. The van der Waals surface area contributed by atoms with Crippen LogP contribution in [0.3, 0.4) is 0 Å². The number of aliphatic hydroxyl groups excluding tert-OH is 1. The van der Waals surface area contributed by atoms with E-state index in [1.165, 1.54) is 11.6 Å². The normalized spacial score (nSPS) is 11.7. The zero-order valence-electron chi connectivity index (χ0n) is 12.6. The van der Waals surface area contributed by atoms with Gasteiger partial charge in [-0.3, -0.25) is 13.9 Å². The van der Waals surface area contributed by atoms with Crippen molar-refractivity contribution in [1.82, 2.24) is 9.13 Å². The monoisotopic (exact) mass is 284 g/mol. The minimum absolute atomic E-state index is 0.00514. The minimum Gasteiger partial charge on any atom is -0.396 e. The highest BCUT2D eigenvalue weighted by Gasteiger charge is 2.22. The fourth-order valence-corrected chi connectivity index (χ4v) is 2.02. The molecule has 0 amide bonds. The maximum Gasteiger partial charge on any atom is 0.332 e. The Morgan fingerprint density at radius 1 is 1.35 bits per heavy atom. The molecule has 0 atom stereocenters. The number of hydrogen-bond acceptors (Lipinski definition) is 5. The van der Waals surface area contributed by atoms with Gasteiger partial charge in [0.2, 0.25) is 0 Å². The Morgan fingerprint density at radius 2 is 1.95 bits per heavy atom. The molecule has 0 unspecified atom stereocenters. The molecule has 0 aliphatic heterocycles. The van der Waals surface area contributed by atoms with Gasteiger partial charge in [-0.25, -0.2) is 4.79 Å². The first-order chi connectivity index (χ1) is 9.25. The van der Waals surface area contributed by atoms with Crippen LogP contribution in [0.5, 0.6) is 0 Å². The third-order valence-electron chi connectivity index (χ3n) is 3.23. The summed E-state index contributed by atoms with van der Waals surface area (Å²) in [7, 11) is 1.43. The second-order valence-electron chi connectivity index (χ2n) is 5.54. The highest BCUT2D eigenvalue weighted by molar-refractivity contribution is 5.61. The maximum absolute atomic E-state index is 12.2. The van der Waals surface area contributed by atoms with Gasteiger partial charge in [-0.05, 0) is 26.7 Å². The van der Waals surface area contributed by atoms with Crippen LogP contribution >= 0.6 is 0 Å². The number of rotatable bonds is 6. The smallest absolute Gasteiger partial charge is 0.332 e. The quantitative estimate of drug-likeness (QED) is 0.688. The molecule has 1 heterocycles. The Morgan fingerprint density at radius 3 is 2.45 bits per heavy atom. The van der Waals surface area contributed by atoms with Crippen LogP contribution < -0.4 is 22.3 Å². The van der Waals surface area contributed by atoms with Gasteiger partial charge in [0, 0.05) is 25.7 Å². The van der Waals surface area contributed by atoms with Crippen molar-refractivity contribution in [3.05, 3.63) is 20.8 Å². The van der Waals surface area contributed by atoms with Crippen LogP contribution in [-0.4, -0.2) is 26.4 Å². The second-order valence-corrected chi connectivity index (χ2v) is 5.54. The van der Waals surface area contributed by atoms with E-state index in [0.717, 1.165) is 11.0 Å². The van der Waals surface area contributed by atoms with E-state index in [9.17, 15) is 9.59 Å². The molecule has 0 bridgehead atoms. The van der Waals surface area contributed by atoms with E-state index in [1.54, 1.807) is 0 Å². The summed E-state index contributed by atoms with van der Waals surface area (Å²) in [6.45, 7) is 6.09. The maximum atomic E-state index is 12.2. The Labute approximate surface area is 118 Å². The number of aliphatic hydroxyl groups is 1. The topological polar surface area (TPSA) is 102 Å². The average molecular weight is 284 g/mol. The number of nitrogens with zero attached hydrogens (tertiary/aromatic N) is 2. The van der Waals surface area contributed by atoms with Gasteiger partial charge in [0.15, 0.2) is 0 Å². The third-order valence-corrected chi connectivity index (χ3v) is 3.23. The molecule has 0 aromatic carbocycles. The van der Waals surface area contributed by atoms with Crippen molar-refractivity contribution >= 4 is 11.5 Å². The van der Waals surface area contributed by atoms with Crippen LogP contribution in [0, 0.1) is 0 Å². The van der Waals surface area contributed by atoms with Crippen molar-refractivity contribution in [2.75, 3.05) is 17.7 Å². The molecule has 1 aromatic rings. The molecule has 1 aromatic heterocycles. The Balaban J connectivity index is 3.40. The fourth-order valence-electron chi connectivity index (χ4n) is 2.02. The molecule has 0 aliphatic rings. The first kappa shape index (κ1) is 16.3. The van der Waals surface area contributed by atoms with Gasteiger partial charge in [0.05, 0.1) is 0 Å². The van der Waals surface area contributed by atoms with Crippen LogP contribution in [0.15, 0.2) is 9.59 Å². The molecule has 0 fully saturated rings. The summed E-state index contributed by atoms with van der Waals surface area (Å²) in [5.74, 6) is 0.144. The molecule has 0 radical (unpaired) electrons. The summed E-state index contributed by atoms with van der Waals surface area (Å²) in [5, 5.41) is 12.1.